The first-order chi connectivity index (χ1) is 8.63. The van der Waals surface area contributed by atoms with Gasteiger partial charge in [-0.15, -0.1) is 6.58 Å². The maximum atomic E-state index is 5.73. The van der Waals surface area contributed by atoms with Crippen LogP contribution in [0, 0.1) is 13.8 Å². The summed E-state index contributed by atoms with van der Waals surface area (Å²) in [5.74, 6) is 1.59. The van der Waals surface area contributed by atoms with Crippen LogP contribution < -0.4 is 4.74 Å². The van der Waals surface area contributed by atoms with Gasteiger partial charge in [-0.3, -0.25) is 0 Å². The van der Waals surface area contributed by atoms with Crippen LogP contribution in [0.15, 0.2) is 24.8 Å². The first-order valence-electron chi connectivity index (χ1n) is 6.98. The van der Waals surface area contributed by atoms with Crippen LogP contribution in [0.3, 0.4) is 0 Å². The topological polar surface area (TPSA) is 9.23 Å². The molecule has 1 heteroatoms. The fourth-order valence-electron chi connectivity index (χ4n) is 2.57. The lowest BCUT2D eigenvalue weighted by Gasteiger charge is -2.20. The monoisotopic (exact) mass is 246 g/mol. The van der Waals surface area contributed by atoms with Gasteiger partial charge in [0, 0.05) is 0 Å². The van der Waals surface area contributed by atoms with Crippen molar-refractivity contribution >= 4 is 0 Å². The van der Waals surface area contributed by atoms with Crippen molar-refractivity contribution in [2.45, 2.75) is 52.9 Å². The summed E-state index contributed by atoms with van der Waals surface area (Å²) in [6, 6.07) is 4.34. The molecule has 1 aromatic rings. The van der Waals surface area contributed by atoms with E-state index in [-0.39, 0.29) is 0 Å². The normalized spacial score (nSPS) is 12.2. The van der Waals surface area contributed by atoms with Crippen molar-refractivity contribution in [3.63, 3.8) is 0 Å². The van der Waals surface area contributed by atoms with E-state index in [0.29, 0.717) is 5.92 Å². The average Bonchev–Trinajstić information content (AvgIpc) is 2.34. The molecular formula is C17H26O. The summed E-state index contributed by atoms with van der Waals surface area (Å²) in [6.07, 6.45) is 5.28. The van der Waals surface area contributed by atoms with Crippen molar-refractivity contribution in [1.29, 1.82) is 0 Å². The van der Waals surface area contributed by atoms with Crippen LogP contribution in [-0.2, 0) is 0 Å². The molecule has 0 amide bonds. The van der Waals surface area contributed by atoms with Gasteiger partial charge in [-0.05, 0) is 67.9 Å². The molecule has 0 aliphatic heterocycles. The molecule has 0 bridgehead atoms. The van der Waals surface area contributed by atoms with E-state index in [1.165, 1.54) is 16.7 Å². The zero-order valence-corrected chi connectivity index (χ0v) is 12.3. The van der Waals surface area contributed by atoms with Gasteiger partial charge in [0.2, 0.25) is 0 Å². The third kappa shape index (κ3) is 3.63. The van der Waals surface area contributed by atoms with Gasteiger partial charge < -0.3 is 4.74 Å². The summed E-state index contributed by atoms with van der Waals surface area (Å²) in [6.45, 7) is 13.4. The molecule has 100 valence electrons. The average molecular weight is 246 g/mol. The van der Waals surface area contributed by atoms with E-state index in [1.807, 2.05) is 6.08 Å². The van der Waals surface area contributed by atoms with E-state index >= 15 is 0 Å². The molecule has 1 nitrogen and oxygen atoms in total. The lowest BCUT2D eigenvalue weighted by atomic mass is 9.86. The van der Waals surface area contributed by atoms with Crippen LogP contribution in [-0.4, -0.2) is 6.61 Å². The predicted octanol–water partition coefficient (Wildman–Crippen LogP) is 5.16. The highest BCUT2D eigenvalue weighted by Crippen LogP contribution is 2.32. The zero-order chi connectivity index (χ0) is 13.5. The standard InChI is InChI=1S/C17H26O/c1-6-9-15(8-3)17-13(4)11-16(12-14(17)5)18-10-7-2/h6,11-12,15H,1,7-10H2,2-5H3. The third-order valence-corrected chi connectivity index (χ3v) is 3.39. The van der Waals surface area contributed by atoms with Crippen molar-refractivity contribution in [3.05, 3.63) is 41.5 Å². The number of hydrogen-bond acceptors (Lipinski definition) is 1. The van der Waals surface area contributed by atoms with Crippen molar-refractivity contribution in [2.75, 3.05) is 6.61 Å². The molecule has 0 fully saturated rings. The molecule has 1 unspecified atom stereocenters. The van der Waals surface area contributed by atoms with Gasteiger partial charge in [0.15, 0.2) is 0 Å². The van der Waals surface area contributed by atoms with Gasteiger partial charge in [0.1, 0.15) is 5.75 Å². The summed E-state index contributed by atoms with van der Waals surface area (Å²) in [7, 11) is 0. The van der Waals surface area contributed by atoms with Crippen LogP contribution in [0.5, 0.6) is 5.75 Å². The van der Waals surface area contributed by atoms with Crippen LogP contribution in [0.4, 0.5) is 0 Å². The van der Waals surface area contributed by atoms with E-state index in [2.05, 4.69) is 46.4 Å². The van der Waals surface area contributed by atoms with Gasteiger partial charge in [-0.1, -0.05) is 19.9 Å². The highest BCUT2D eigenvalue weighted by Gasteiger charge is 2.14. The Labute approximate surface area is 112 Å². The Kier molecular flexibility index (Phi) is 5.97. The molecule has 0 saturated heterocycles. The SMILES string of the molecule is C=CCC(CC)c1c(C)cc(OCCC)cc1C. The number of rotatable bonds is 7. The Morgan fingerprint density at radius 1 is 1.22 bits per heavy atom. The molecule has 0 aromatic heterocycles. The first kappa shape index (κ1) is 14.8. The largest absolute Gasteiger partial charge is 0.494 e. The minimum atomic E-state index is 0.586. The molecule has 0 N–H and O–H groups in total. The summed E-state index contributed by atoms with van der Waals surface area (Å²) in [4.78, 5) is 0. The zero-order valence-electron chi connectivity index (χ0n) is 12.3. The highest BCUT2D eigenvalue weighted by atomic mass is 16.5. The van der Waals surface area contributed by atoms with Crippen molar-refractivity contribution in [1.82, 2.24) is 0 Å². The molecule has 1 aromatic carbocycles. The molecule has 0 saturated carbocycles. The van der Waals surface area contributed by atoms with Crippen LogP contribution in [0.2, 0.25) is 0 Å². The minimum absolute atomic E-state index is 0.586. The second-order valence-corrected chi connectivity index (χ2v) is 4.95. The lowest BCUT2D eigenvalue weighted by Crippen LogP contribution is -2.04. The molecule has 0 heterocycles. The highest BCUT2D eigenvalue weighted by molar-refractivity contribution is 5.43. The second kappa shape index (κ2) is 7.25. The fourth-order valence-corrected chi connectivity index (χ4v) is 2.57. The van der Waals surface area contributed by atoms with Gasteiger partial charge in [-0.2, -0.15) is 0 Å². The Hall–Kier alpha value is -1.24. The summed E-state index contributed by atoms with van der Waals surface area (Å²) >= 11 is 0. The van der Waals surface area contributed by atoms with Crippen molar-refractivity contribution in [2.24, 2.45) is 0 Å². The second-order valence-electron chi connectivity index (χ2n) is 4.95. The molecule has 0 spiro atoms. The lowest BCUT2D eigenvalue weighted by molar-refractivity contribution is 0.317. The number of hydrogen-bond donors (Lipinski definition) is 0. The molecule has 1 atom stereocenters. The van der Waals surface area contributed by atoms with E-state index in [0.717, 1.165) is 31.6 Å². The van der Waals surface area contributed by atoms with E-state index in [9.17, 15) is 0 Å². The maximum absolute atomic E-state index is 5.73. The van der Waals surface area contributed by atoms with E-state index in [1.54, 1.807) is 0 Å². The Morgan fingerprint density at radius 2 is 1.83 bits per heavy atom. The Bertz CT molecular complexity index is 370. The molecule has 0 aliphatic carbocycles. The van der Waals surface area contributed by atoms with Crippen molar-refractivity contribution < 1.29 is 4.74 Å². The Balaban J connectivity index is 3.02. The maximum Gasteiger partial charge on any atom is 0.119 e. The van der Waals surface area contributed by atoms with Gasteiger partial charge in [0.25, 0.3) is 0 Å². The van der Waals surface area contributed by atoms with E-state index in [4.69, 9.17) is 4.74 Å². The molecule has 0 aliphatic rings. The number of allylic oxidation sites excluding steroid dienone is 1. The van der Waals surface area contributed by atoms with Crippen LogP contribution in [0.25, 0.3) is 0 Å². The van der Waals surface area contributed by atoms with Crippen LogP contribution in [0.1, 0.15) is 55.7 Å². The van der Waals surface area contributed by atoms with Gasteiger partial charge in [0.05, 0.1) is 6.61 Å². The quantitative estimate of drug-likeness (QED) is 0.604. The number of aryl methyl sites for hydroxylation is 2. The van der Waals surface area contributed by atoms with E-state index < -0.39 is 0 Å². The van der Waals surface area contributed by atoms with Crippen molar-refractivity contribution in [3.8, 4) is 5.75 Å². The molecule has 0 radical (unpaired) electrons. The molecule has 1 rings (SSSR count). The van der Waals surface area contributed by atoms with Gasteiger partial charge in [-0.25, -0.2) is 0 Å². The van der Waals surface area contributed by atoms with Crippen LogP contribution >= 0.6 is 0 Å². The predicted molar refractivity (Wildman–Crippen MR) is 79.5 cm³/mol. The minimum Gasteiger partial charge on any atom is -0.494 e. The summed E-state index contributed by atoms with van der Waals surface area (Å²) in [5, 5.41) is 0. The fraction of sp³-hybridized carbons (Fsp3) is 0.529. The Morgan fingerprint density at radius 3 is 2.28 bits per heavy atom. The first-order valence-corrected chi connectivity index (χ1v) is 6.98. The molecular weight excluding hydrogens is 220 g/mol. The number of benzene rings is 1. The number of ether oxygens (including phenoxy) is 1. The summed E-state index contributed by atoms with van der Waals surface area (Å²) < 4.78 is 5.73. The van der Waals surface area contributed by atoms with Gasteiger partial charge >= 0.3 is 0 Å². The molecule has 18 heavy (non-hydrogen) atoms. The summed E-state index contributed by atoms with van der Waals surface area (Å²) in [5.41, 5.74) is 4.16. The third-order valence-electron chi connectivity index (χ3n) is 3.39. The smallest absolute Gasteiger partial charge is 0.119 e.